The molecule has 7 heteroatoms. The summed E-state index contributed by atoms with van der Waals surface area (Å²) in [6, 6.07) is 3.62. The highest BCUT2D eigenvalue weighted by Crippen LogP contribution is 2.19. The lowest BCUT2D eigenvalue weighted by molar-refractivity contribution is -0.655. The smallest absolute Gasteiger partial charge is 0.126 e. The van der Waals surface area contributed by atoms with Gasteiger partial charge in [-0.1, -0.05) is 26.7 Å². The molecule has 23 heavy (non-hydrogen) atoms. The predicted octanol–water partition coefficient (Wildman–Crippen LogP) is 1.69. The highest BCUT2D eigenvalue weighted by Gasteiger charge is 2.05. The topological polar surface area (TPSA) is 126 Å². The quantitative estimate of drug-likeness (QED) is 0.357. The predicted molar refractivity (Wildman–Crippen MR) is 93.9 cm³/mol. The van der Waals surface area contributed by atoms with Gasteiger partial charge in [-0.25, -0.2) is 8.42 Å². The monoisotopic (exact) mass is 345 g/mol. The molecule has 0 heterocycles. The molecular formula is C16H31N3O3S. The lowest BCUT2D eigenvalue weighted by Crippen LogP contribution is -2.84. The van der Waals surface area contributed by atoms with Crippen LogP contribution < -0.4 is 16.8 Å². The number of nitrogen functional groups attached to an aromatic ring is 2. The minimum absolute atomic E-state index is 0.120. The molecule has 1 rings (SSSR count). The Morgan fingerprint density at radius 2 is 1.52 bits per heavy atom. The molecule has 0 aliphatic heterocycles. The molecule has 1 aromatic rings. The summed E-state index contributed by atoms with van der Waals surface area (Å²) in [5.41, 5.74) is 10.7. The molecule has 6 N–H and O–H groups in total. The van der Waals surface area contributed by atoms with Crippen LogP contribution in [0.1, 0.15) is 52.4 Å². The van der Waals surface area contributed by atoms with Crippen molar-refractivity contribution >= 4 is 21.5 Å². The van der Waals surface area contributed by atoms with Gasteiger partial charge in [-0.3, -0.25) is 0 Å². The number of rotatable bonds is 9. The molecule has 0 amide bonds. The number of benzene rings is 1. The molecule has 134 valence electrons. The summed E-state index contributed by atoms with van der Waals surface area (Å²) < 4.78 is 31.5. The van der Waals surface area contributed by atoms with Gasteiger partial charge in [0.15, 0.2) is 0 Å². The maximum absolute atomic E-state index is 10.5. The van der Waals surface area contributed by atoms with Crippen molar-refractivity contribution in [2.45, 2.75) is 57.3 Å². The van der Waals surface area contributed by atoms with Gasteiger partial charge in [0.05, 0.1) is 23.7 Å². The van der Waals surface area contributed by atoms with E-state index in [4.69, 9.17) is 11.5 Å². The Kier molecular flexibility index (Phi) is 11.5. The fourth-order valence-electron chi connectivity index (χ4n) is 2.02. The normalized spacial score (nSPS) is 10.9. The van der Waals surface area contributed by atoms with E-state index in [1.54, 1.807) is 0 Å². The van der Waals surface area contributed by atoms with Gasteiger partial charge in [0.1, 0.15) is 10.1 Å². The highest BCUT2D eigenvalue weighted by atomic mass is 32.2. The van der Waals surface area contributed by atoms with Crippen LogP contribution in [0.25, 0.3) is 0 Å². The second-order valence-electron chi connectivity index (χ2n) is 5.53. The summed E-state index contributed by atoms with van der Waals surface area (Å²) in [5.74, 6) is 0. The minimum atomic E-state index is -4.48. The fourth-order valence-corrected chi connectivity index (χ4v) is 2.60. The SMILES string of the molecule is CCCCC[NH2+]CCCCC.Nc1ccc(S(=O)(=O)[O-])c(N)c1. The van der Waals surface area contributed by atoms with Crippen LogP contribution in [0.4, 0.5) is 11.4 Å². The highest BCUT2D eigenvalue weighted by molar-refractivity contribution is 7.86. The van der Waals surface area contributed by atoms with Crippen LogP contribution in [0, 0.1) is 0 Å². The molecule has 1 aromatic carbocycles. The first-order valence-corrected chi connectivity index (χ1v) is 9.66. The van der Waals surface area contributed by atoms with Crippen LogP contribution >= 0.6 is 0 Å². The van der Waals surface area contributed by atoms with E-state index in [0.29, 0.717) is 5.69 Å². The Morgan fingerprint density at radius 1 is 1.00 bits per heavy atom. The molecule has 0 aromatic heterocycles. The summed E-state index contributed by atoms with van der Waals surface area (Å²) in [6.07, 6.45) is 8.32. The molecule has 0 fully saturated rings. The number of anilines is 2. The zero-order valence-electron chi connectivity index (χ0n) is 14.3. The maximum atomic E-state index is 10.5. The summed E-state index contributed by atoms with van der Waals surface area (Å²) in [6.45, 7) is 7.21. The maximum Gasteiger partial charge on any atom is 0.126 e. The molecule has 0 saturated carbocycles. The second-order valence-corrected chi connectivity index (χ2v) is 6.88. The molecule has 0 unspecified atom stereocenters. The molecule has 0 radical (unpaired) electrons. The van der Waals surface area contributed by atoms with E-state index in [9.17, 15) is 13.0 Å². The number of hydrogen-bond acceptors (Lipinski definition) is 5. The first-order valence-electron chi connectivity index (χ1n) is 8.25. The zero-order chi connectivity index (χ0) is 17.7. The van der Waals surface area contributed by atoms with Gasteiger partial charge in [-0.2, -0.15) is 0 Å². The van der Waals surface area contributed by atoms with E-state index in [1.165, 1.54) is 63.7 Å². The third-order valence-electron chi connectivity index (χ3n) is 3.33. The fraction of sp³-hybridized carbons (Fsp3) is 0.625. The van der Waals surface area contributed by atoms with Gasteiger partial charge < -0.3 is 21.3 Å². The van der Waals surface area contributed by atoms with Crippen LogP contribution in [0.5, 0.6) is 0 Å². The van der Waals surface area contributed by atoms with Crippen LogP contribution in [-0.2, 0) is 10.1 Å². The molecule has 0 atom stereocenters. The first kappa shape index (κ1) is 21.7. The number of hydrogen-bond donors (Lipinski definition) is 3. The van der Waals surface area contributed by atoms with Crippen molar-refractivity contribution in [1.29, 1.82) is 0 Å². The molecule has 6 nitrogen and oxygen atoms in total. The third kappa shape index (κ3) is 11.0. The molecular weight excluding hydrogens is 314 g/mol. The van der Waals surface area contributed by atoms with E-state index in [-0.39, 0.29) is 5.69 Å². The Hall–Kier alpha value is -1.31. The molecule has 0 aliphatic carbocycles. The average Bonchev–Trinajstić information content (AvgIpc) is 2.45. The van der Waals surface area contributed by atoms with Crippen LogP contribution in [0.15, 0.2) is 23.1 Å². The van der Waals surface area contributed by atoms with Crippen LogP contribution in [0.2, 0.25) is 0 Å². The number of quaternary nitrogens is 1. The molecule has 0 spiro atoms. The molecule has 0 bridgehead atoms. The summed E-state index contributed by atoms with van der Waals surface area (Å²) in [7, 11) is -4.48. The third-order valence-corrected chi connectivity index (χ3v) is 4.24. The Balaban J connectivity index is 0.000000423. The molecule has 0 saturated heterocycles. The zero-order valence-corrected chi connectivity index (χ0v) is 15.1. The van der Waals surface area contributed by atoms with E-state index >= 15 is 0 Å². The van der Waals surface area contributed by atoms with Gasteiger partial charge in [0, 0.05) is 5.69 Å². The Morgan fingerprint density at radius 3 is 1.91 bits per heavy atom. The van der Waals surface area contributed by atoms with Crippen molar-refractivity contribution in [2.75, 3.05) is 24.6 Å². The largest absolute Gasteiger partial charge is 0.744 e. The Bertz CT molecular complexity index is 525. The summed E-state index contributed by atoms with van der Waals surface area (Å²) in [4.78, 5) is -0.434. The Labute approximate surface area is 140 Å². The first-order chi connectivity index (χ1) is 10.8. The van der Waals surface area contributed by atoms with Crippen molar-refractivity contribution in [1.82, 2.24) is 0 Å². The van der Waals surface area contributed by atoms with Crippen molar-refractivity contribution in [3.8, 4) is 0 Å². The van der Waals surface area contributed by atoms with Crippen LogP contribution in [-0.4, -0.2) is 26.1 Å². The number of nitrogens with two attached hydrogens (primary N) is 3. The van der Waals surface area contributed by atoms with E-state index in [1.807, 2.05) is 0 Å². The van der Waals surface area contributed by atoms with E-state index < -0.39 is 15.0 Å². The van der Waals surface area contributed by atoms with E-state index in [2.05, 4.69) is 19.2 Å². The standard InChI is InChI=1S/C10H23N.C6H8N2O3S/c1-3-5-7-9-11-10-8-6-4-2;7-4-1-2-6(5(8)3-4)12(9,10)11/h11H,3-10H2,1-2H3;1-3H,7-8H2,(H,9,10,11). The van der Waals surface area contributed by atoms with Gasteiger partial charge in [0.25, 0.3) is 0 Å². The average molecular weight is 346 g/mol. The van der Waals surface area contributed by atoms with E-state index in [0.717, 1.165) is 6.07 Å². The van der Waals surface area contributed by atoms with Crippen molar-refractivity contribution in [2.24, 2.45) is 0 Å². The lowest BCUT2D eigenvalue weighted by atomic mass is 10.2. The summed E-state index contributed by atoms with van der Waals surface area (Å²) >= 11 is 0. The van der Waals surface area contributed by atoms with Crippen molar-refractivity contribution < 1.29 is 18.3 Å². The van der Waals surface area contributed by atoms with Crippen LogP contribution in [0.3, 0.4) is 0 Å². The van der Waals surface area contributed by atoms with Gasteiger partial charge in [-0.05, 0) is 43.9 Å². The van der Waals surface area contributed by atoms with Crippen molar-refractivity contribution in [3.05, 3.63) is 18.2 Å². The minimum Gasteiger partial charge on any atom is -0.744 e. The number of unbranched alkanes of at least 4 members (excludes halogenated alkanes) is 4. The summed E-state index contributed by atoms with van der Waals surface area (Å²) in [5, 5.41) is 2.46. The second kappa shape index (κ2) is 12.2. The van der Waals surface area contributed by atoms with Crippen molar-refractivity contribution in [3.63, 3.8) is 0 Å². The van der Waals surface area contributed by atoms with Gasteiger partial charge in [0.2, 0.25) is 0 Å². The molecule has 0 aliphatic rings. The van der Waals surface area contributed by atoms with Gasteiger partial charge >= 0.3 is 0 Å². The lowest BCUT2D eigenvalue weighted by Gasteiger charge is -2.09. The van der Waals surface area contributed by atoms with Gasteiger partial charge in [-0.15, -0.1) is 0 Å².